The molecule has 0 unspecified atom stereocenters. The van der Waals surface area contributed by atoms with E-state index >= 15 is 0 Å². The predicted octanol–water partition coefficient (Wildman–Crippen LogP) is 4.18. The van der Waals surface area contributed by atoms with Gasteiger partial charge in [0, 0.05) is 43.0 Å². The summed E-state index contributed by atoms with van der Waals surface area (Å²) in [7, 11) is 0. The number of halogens is 1. The topological polar surface area (TPSA) is 52.7 Å². The van der Waals surface area contributed by atoms with Gasteiger partial charge < -0.3 is 10.2 Å². The minimum absolute atomic E-state index is 0.0155. The summed E-state index contributed by atoms with van der Waals surface area (Å²) >= 11 is 0. The number of benzene rings is 3. The average molecular weight is 458 g/mol. The van der Waals surface area contributed by atoms with E-state index in [0.29, 0.717) is 24.2 Å². The van der Waals surface area contributed by atoms with Gasteiger partial charge in [-0.25, -0.2) is 4.39 Å². The smallest absolute Gasteiger partial charge is 0.258 e. The molecule has 0 aromatic heterocycles. The van der Waals surface area contributed by atoms with Crippen molar-refractivity contribution in [2.45, 2.75) is 37.9 Å². The van der Waals surface area contributed by atoms with E-state index in [4.69, 9.17) is 0 Å². The molecule has 1 N–H and O–H groups in total. The second-order valence-corrected chi connectivity index (χ2v) is 9.08. The standard InChI is InChI=1S/C28H28FN3O2/c29-23-11-6-7-20(15-23)16-27(33)30-17-24-13-14-25-19-32(28(34)21-8-2-1-3-9-21)26-12-5-4-10-22(26)18-31(24)25/h1-12,15,24-25H,13-14,16-19H2,(H,30,33)/t24-,25+/m0/s1. The molecule has 0 aliphatic carbocycles. The summed E-state index contributed by atoms with van der Waals surface area (Å²) in [6.45, 7) is 1.90. The Morgan fingerprint density at radius 1 is 0.941 bits per heavy atom. The van der Waals surface area contributed by atoms with Gasteiger partial charge in [-0.05, 0) is 54.3 Å². The van der Waals surface area contributed by atoms with Crippen LogP contribution in [0.1, 0.15) is 34.3 Å². The van der Waals surface area contributed by atoms with Gasteiger partial charge in [0.2, 0.25) is 5.91 Å². The van der Waals surface area contributed by atoms with E-state index in [1.165, 1.54) is 12.1 Å². The summed E-state index contributed by atoms with van der Waals surface area (Å²) in [6, 6.07) is 24.1. The molecule has 1 fully saturated rings. The molecular formula is C28H28FN3O2. The first kappa shape index (κ1) is 22.3. The van der Waals surface area contributed by atoms with Gasteiger partial charge >= 0.3 is 0 Å². The summed E-state index contributed by atoms with van der Waals surface area (Å²) < 4.78 is 13.4. The summed E-state index contributed by atoms with van der Waals surface area (Å²) in [5, 5.41) is 3.05. The number of carbonyl (C=O) groups excluding carboxylic acids is 2. The molecule has 6 heteroatoms. The highest BCUT2D eigenvalue weighted by atomic mass is 19.1. The van der Waals surface area contributed by atoms with E-state index in [1.807, 2.05) is 53.4 Å². The van der Waals surface area contributed by atoms with Crippen LogP contribution in [-0.4, -0.2) is 41.9 Å². The molecule has 174 valence electrons. The van der Waals surface area contributed by atoms with Gasteiger partial charge in [0.1, 0.15) is 5.82 Å². The highest BCUT2D eigenvalue weighted by Crippen LogP contribution is 2.35. The number of carbonyl (C=O) groups is 2. The Bertz CT molecular complexity index is 1180. The quantitative estimate of drug-likeness (QED) is 0.626. The molecule has 5 rings (SSSR count). The zero-order valence-corrected chi connectivity index (χ0v) is 19.0. The molecule has 34 heavy (non-hydrogen) atoms. The number of rotatable bonds is 5. The van der Waals surface area contributed by atoms with Gasteiger partial charge in [0.15, 0.2) is 0 Å². The van der Waals surface area contributed by atoms with E-state index in [-0.39, 0.29) is 36.1 Å². The average Bonchev–Trinajstić information content (AvgIpc) is 3.14. The van der Waals surface area contributed by atoms with Crippen molar-refractivity contribution in [1.82, 2.24) is 10.2 Å². The highest BCUT2D eigenvalue weighted by molar-refractivity contribution is 6.06. The van der Waals surface area contributed by atoms with Crippen LogP contribution in [0, 0.1) is 5.82 Å². The van der Waals surface area contributed by atoms with Crippen molar-refractivity contribution in [1.29, 1.82) is 0 Å². The Labute approximate surface area is 199 Å². The fraction of sp³-hybridized carbons (Fsp3) is 0.286. The maximum absolute atomic E-state index is 13.4. The van der Waals surface area contributed by atoms with Crippen molar-refractivity contribution in [3.05, 3.63) is 101 Å². The lowest BCUT2D eigenvalue weighted by atomic mass is 10.1. The van der Waals surface area contributed by atoms with E-state index in [0.717, 1.165) is 30.6 Å². The largest absolute Gasteiger partial charge is 0.354 e. The summed E-state index contributed by atoms with van der Waals surface area (Å²) in [5.74, 6) is -0.423. The first-order valence-corrected chi connectivity index (χ1v) is 11.8. The lowest BCUT2D eigenvalue weighted by Gasteiger charge is -2.29. The van der Waals surface area contributed by atoms with Crippen LogP contribution in [-0.2, 0) is 17.8 Å². The normalized spacial score (nSPS) is 19.7. The van der Waals surface area contributed by atoms with Crippen molar-refractivity contribution in [3.8, 4) is 0 Å². The third kappa shape index (κ3) is 4.73. The monoisotopic (exact) mass is 457 g/mol. The molecule has 5 nitrogen and oxygen atoms in total. The van der Waals surface area contributed by atoms with Crippen LogP contribution in [0.3, 0.4) is 0 Å². The van der Waals surface area contributed by atoms with E-state index in [1.54, 1.807) is 12.1 Å². The second kappa shape index (κ2) is 9.77. The molecule has 1 saturated heterocycles. The molecule has 0 spiro atoms. The Morgan fingerprint density at radius 2 is 1.74 bits per heavy atom. The fourth-order valence-electron chi connectivity index (χ4n) is 5.16. The number of para-hydroxylation sites is 1. The SMILES string of the molecule is O=C(Cc1cccc(F)c1)NC[C@@H]1CC[C@@H]2CN(C(=O)c3ccccc3)c3ccccc3CN21. The number of nitrogens with zero attached hydrogens (tertiary/aromatic N) is 2. The molecule has 2 amide bonds. The molecule has 2 atom stereocenters. The minimum Gasteiger partial charge on any atom is -0.354 e. The lowest BCUT2D eigenvalue weighted by Crippen LogP contribution is -2.46. The van der Waals surface area contributed by atoms with Gasteiger partial charge in [-0.2, -0.15) is 0 Å². The number of nitrogens with one attached hydrogen (secondary N) is 1. The summed E-state index contributed by atoms with van der Waals surface area (Å²) in [4.78, 5) is 30.3. The lowest BCUT2D eigenvalue weighted by molar-refractivity contribution is -0.120. The fourth-order valence-corrected chi connectivity index (χ4v) is 5.16. The second-order valence-electron chi connectivity index (χ2n) is 9.08. The van der Waals surface area contributed by atoms with E-state index in [2.05, 4.69) is 16.3 Å². The maximum atomic E-state index is 13.4. The molecule has 0 saturated carbocycles. The van der Waals surface area contributed by atoms with E-state index < -0.39 is 0 Å². The molecule has 3 aromatic carbocycles. The van der Waals surface area contributed by atoms with Crippen molar-refractivity contribution >= 4 is 17.5 Å². The van der Waals surface area contributed by atoms with Crippen LogP contribution < -0.4 is 10.2 Å². The highest BCUT2D eigenvalue weighted by Gasteiger charge is 2.38. The van der Waals surface area contributed by atoms with Crippen molar-refractivity contribution in [2.24, 2.45) is 0 Å². The maximum Gasteiger partial charge on any atom is 0.258 e. The number of amides is 2. The number of hydrogen-bond donors (Lipinski definition) is 1. The van der Waals surface area contributed by atoms with Gasteiger partial charge in [-0.3, -0.25) is 14.5 Å². The molecule has 0 bridgehead atoms. The number of anilines is 1. The summed E-state index contributed by atoms with van der Waals surface area (Å²) in [6.07, 6.45) is 2.09. The van der Waals surface area contributed by atoms with E-state index in [9.17, 15) is 14.0 Å². The Hall–Kier alpha value is -3.51. The van der Waals surface area contributed by atoms with Gasteiger partial charge in [-0.15, -0.1) is 0 Å². The zero-order chi connectivity index (χ0) is 23.5. The van der Waals surface area contributed by atoms with Crippen LogP contribution in [0.15, 0.2) is 78.9 Å². The molecule has 2 heterocycles. The van der Waals surface area contributed by atoms with Gasteiger partial charge in [-0.1, -0.05) is 48.5 Å². The third-order valence-electron chi connectivity index (χ3n) is 6.85. The molecule has 3 aromatic rings. The molecular weight excluding hydrogens is 429 g/mol. The Kier molecular flexibility index (Phi) is 6.41. The molecule has 0 radical (unpaired) electrons. The van der Waals surface area contributed by atoms with Crippen molar-refractivity contribution in [2.75, 3.05) is 18.0 Å². The van der Waals surface area contributed by atoms with Gasteiger partial charge in [0.05, 0.1) is 6.42 Å². The predicted molar refractivity (Wildman–Crippen MR) is 130 cm³/mol. The third-order valence-corrected chi connectivity index (χ3v) is 6.85. The number of hydrogen-bond acceptors (Lipinski definition) is 3. The first-order chi connectivity index (χ1) is 16.6. The van der Waals surface area contributed by atoms with Crippen LogP contribution >= 0.6 is 0 Å². The van der Waals surface area contributed by atoms with Crippen LogP contribution in [0.5, 0.6) is 0 Å². The number of fused-ring (bicyclic) bond motifs is 2. The zero-order valence-electron chi connectivity index (χ0n) is 19.0. The molecule has 2 aliphatic rings. The van der Waals surface area contributed by atoms with Crippen molar-refractivity contribution in [3.63, 3.8) is 0 Å². The Balaban J connectivity index is 1.30. The molecule has 2 aliphatic heterocycles. The Morgan fingerprint density at radius 3 is 2.56 bits per heavy atom. The minimum atomic E-state index is -0.332. The summed E-state index contributed by atoms with van der Waals surface area (Å²) in [5.41, 5.74) is 3.43. The van der Waals surface area contributed by atoms with Crippen LogP contribution in [0.4, 0.5) is 10.1 Å². The van der Waals surface area contributed by atoms with Gasteiger partial charge in [0.25, 0.3) is 5.91 Å². The van der Waals surface area contributed by atoms with Crippen molar-refractivity contribution < 1.29 is 14.0 Å². The van der Waals surface area contributed by atoms with Crippen LogP contribution in [0.25, 0.3) is 0 Å². The first-order valence-electron chi connectivity index (χ1n) is 11.8. The van der Waals surface area contributed by atoms with Crippen LogP contribution in [0.2, 0.25) is 0 Å².